The molecule has 49 valence electrons. The van der Waals surface area contributed by atoms with Crippen molar-refractivity contribution in [2.45, 2.75) is 12.8 Å². The number of rotatable bonds is 1. The van der Waals surface area contributed by atoms with Crippen LogP contribution in [0.3, 0.4) is 0 Å². The molecule has 0 aliphatic heterocycles. The lowest BCUT2D eigenvalue weighted by Crippen LogP contribution is -1.91. The predicted octanol–water partition coefficient (Wildman–Crippen LogP) is 2.66. The number of hydrogen-bond acceptors (Lipinski definition) is 0. The molecule has 1 aromatic carbocycles. The van der Waals surface area contributed by atoms with Crippen molar-refractivity contribution in [3.8, 4) is 0 Å². The molecule has 0 spiro atoms. The zero-order chi connectivity index (χ0) is 6.81. The molecular formula is C10H9. The van der Waals surface area contributed by atoms with Gasteiger partial charge in [0.05, 0.1) is 0 Å². The molecule has 0 aromatic heterocycles. The van der Waals surface area contributed by atoms with Crippen molar-refractivity contribution in [2.24, 2.45) is 0 Å². The van der Waals surface area contributed by atoms with Crippen LogP contribution in [0.15, 0.2) is 30.3 Å². The normalized spacial score (nSPS) is 15.8. The summed E-state index contributed by atoms with van der Waals surface area (Å²) in [4.78, 5) is 0. The van der Waals surface area contributed by atoms with E-state index in [0.717, 1.165) is 0 Å². The van der Waals surface area contributed by atoms with Gasteiger partial charge in [-0.2, -0.15) is 0 Å². The molecule has 2 rings (SSSR count). The van der Waals surface area contributed by atoms with Crippen molar-refractivity contribution in [1.82, 2.24) is 0 Å². The van der Waals surface area contributed by atoms with Gasteiger partial charge in [0, 0.05) is 0 Å². The predicted molar refractivity (Wildman–Crippen MR) is 42.5 cm³/mol. The van der Waals surface area contributed by atoms with Gasteiger partial charge in [-0.3, -0.25) is 0 Å². The van der Waals surface area contributed by atoms with Gasteiger partial charge in [-0.05, 0) is 30.0 Å². The minimum Gasteiger partial charge on any atom is -0.0804 e. The van der Waals surface area contributed by atoms with E-state index in [-0.39, 0.29) is 0 Å². The molecule has 0 atom stereocenters. The van der Waals surface area contributed by atoms with E-state index in [2.05, 4.69) is 24.3 Å². The largest absolute Gasteiger partial charge is 0.0804 e. The Morgan fingerprint density at radius 1 is 1.20 bits per heavy atom. The molecule has 10 heavy (non-hydrogen) atoms. The van der Waals surface area contributed by atoms with Crippen molar-refractivity contribution >= 4 is 5.57 Å². The molecule has 0 unspecified atom stereocenters. The summed E-state index contributed by atoms with van der Waals surface area (Å²) in [6, 6.07) is 11.2. The molecule has 1 radical (unpaired) electrons. The Morgan fingerprint density at radius 2 is 1.90 bits per heavy atom. The SMILES string of the molecule is [c]1ccc(C2=CCC2)cc1. The van der Waals surface area contributed by atoms with Crippen molar-refractivity contribution in [3.63, 3.8) is 0 Å². The van der Waals surface area contributed by atoms with E-state index < -0.39 is 0 Å². The van der Waals surface area contributed by atoms with Gasteiger partial charge in [0.15, 0.2) is 0 Å². The minimum absolute atomic E-state index is 1.25. The van der Waals surface area contributed by atoms with Crippen molar-refractivity contribution in [3.05, 3.63) is 42.0 Å². The molecule has 0 heterocycles. The fourth-order valence-corrected chi connectivity index (χ4v) is 1.15. The van der Waals surface area contributed by atoms with E-state index in [0.29, 0.717) is 0 Å². The Hall–Kier alpha value is -1.04. The van der Waals surface area contributed by atoms with Crippen LogP contribution in [0, 0.1) is 6.07 Å². The highest BCUT2D eigenvalue weighted by atomic mass is 14.1. The molecule has 1 aliphatic rings. The molecular weight excluding hydrogens is 120 g/mol. The topological polar surface area (TPSA) is 0 Å². The quantitative estimate of drug-likeness (QED) is 0.546. The van der Waals surface area contributed by atoms with Gasteiger partial charge in [-0.1, -0.05) is 30.3 Å². The van der Waals surface area contributed by atoms with Gasteiger partial charge in [-0.15, -0.1) is 0 Å². The minimum atomic E-state index is 1.25. The molecule has 0 bridgehead atoms. The molecule has 0 amide bonds. The molecule has 0 fully saturated rings. The van der Waals surface area contributed by atoms with Crippen molar-refractivity contribution < 1.29 is 0 Å². The first-order chi connectivity index (χ1) is 4.97. The maximum Gasteiger partial charge on any atom is -0.0184 e. The van der Waals surface area contributed by atoms with E-state index in [1.165, 1.54) is 24.0 Å². The van der Waals surface area contributed by atoms with Gasteiger partial charge in [0.1, 0.15) is 0 Å². The summed E-state index contributed by atoms with van der Waals surface area (Å²) in [5.41, 5.74) is 2.86. The first-order valence-corrected chi connectivity index (χ1v) is 3.62. The van der Waals surface area contributed by atoms with Crippen molar-refractivity contribution in [2.75, 3.05) is 0 Å². The molecule has 0 saturated carbocycles. The zero-order valence-electron chi connectivity index (χ0n) is 5.80. The summed E-state index contributed by atoms with van der Waals surface area (Å²) in [5.74, 6) is 0. The second-order valence-corrected chi connectivity index (χ2v) is 2.56. The first kappa shape index (κ1) is 5.72. The summed E-state index contributed by atoms with van der Waals surface area (Å²) in [6.07, 6.45) is 4.80. The summed E-state index contributed by atoms with van der Waals surface area (Å²) >= 11 is 0. The summed E-state index contributed by atoms with van der Waals surface area (Å²) < 4.78 is 0. The van der Waals surface area contributed by atoms with E-state index in [9.17, 15) is 0 Å². The average molecular weight is 129 g/mol. The Balaban J connectivity index is 2.34. The Morgan fingerprint density at radius 3 is 2.40 bits per heavy atom. The van der Waals surface area contributed by atoms with Crippen LogP contribution in [0.25, 0.3) is 5.57 Å². The van der Waals surface area contributed by atoms with Crippen LogP contribution in [0.5, 0.6) is 0 Å². The molecule has 0 saturated heterocycles. The molecule has 0 N–H and O–H groups in total. The van der Waals surface area contributed by atoms with Crippen LogP contribution in [0.4, 0.5) is 0 Å². The fraction of sp³-hybridized carbons (Fsp3) is 0.200. The van der Waals surface area contributed by atoms with Gasteiger partial charge in [0.25, 0.3) is 0 Å². The molecule has 1 aliphatic carbocycles. The first-order valence-electron chi connectivity index (χ1n) is 3.62. The van der Waals surface area contributed by atoms with E-state index in [1.807, 2.05) is 12.1 Å². The standard InChI is InChI=1S/C10H9/c1-2-5-9(6-3-1)10-7-4-8-10/h2-3,5-7H,4,8H2. The van der Waals surface area contributed by atoms with Crippen LogP contribution in [-0.4, -0.2) is 0 Å². The van der Waals surface area contributed by atoms with Gasteiger partial charge < -0.3 is 0 Å². The Bertz CT molecular complexity index is 244. The Labute approximate surface area is 61.2 Å². The second-order valence-electron chi connectivity index (χ2n) is 2.56. The smallest absolute Gasteiger partial charge is 0.0184 e. The maximum absolute atomic E-state index is 3.01. The molecule has 0 nitrogen and oxygen atoms in total. The average Bonchev–Trinajstić information content (AvgIpc) is 1.86. The fourth-order valence-electron chi connectivity index (χ4n) is 1.15. The van der Waals surface area contributed by atoms with Crippen LogP contribution < -0.4 is 0 Å². The van der Waals surface area contributed by atoms with Gasteiger partial charge >= 0.3 is 0 Å². The Kier molecular flexibility index (Phi) is 1.31. The highest BCUT2D eigenvalue weighted by Crippen LogP contribution is 2.27. The van der Waals surface area contributed by atoms with Crippen LogP contribution >= 0.6 is 0 Å². The maximum atomic E-state index is 3.01. The van der Waals surface area contributed by atoms with E-state index in [1.54, 1.807) is 0 Å². The molecule has 0 heteroatoms. The highest BCUT2D eigenvalue weighted by molar-refractivity contribution is 5.69. The lowest BCUT2D eigenvalue weighted by Gasteiger charge is -2.13. The van der Waals surface area contributed by atoms with Gasteiger partial charge in [-0.25, -0.2) is 0 Å². The summed E-state index contributed by atoms with van der Waals surface area (Å²) in [5, 5.41) is 0. The van der Waals surface area contributed by atoms with Crippen LogP contribution in [0.2, 0.25) is 0 Å². The zero-order valence-corrected chi connectivity index (χ0v) is 5.80. The van der Waals surface area contributed by atoms with E-state index in [4.69, 9.17) is 0 Å². The lowest BCUT2D eigenvalue weighted by atomic mass is 9.92. The second kappa shape index (κ2) is 2.30. The summed E-state index contributed by atoms with van der Waals surface area (Å²) in [7, 11) is 0. The van der Waals surface area contributed by atoms with Crippen LogP contribution in [0.1, 0.15) is 18.4 Å². The van der Waals surface area contributed by atoms with E-state index >= 15 is 0 Å². The van der Waals surface area contributed by atoms with Gasteiger partial charge in [0.2, 0.25) is 0 Å². The number of hydrogen-bond donors (Lipinski definition) is 0. The van der Waals surface area contributed by atoms with Crippen LogP contribution in [-0.2, 0) is 0 Å². The third kappa shape index (κ3) is 0.860. The molecule has 1 aromatic rings. The number of benzene rings is 1. The highest BCUT2D eigenvalue weighted by Gasteiger charge is 2.05. The monoisotopic (exact) mass is 129 g/mol. The lowest BCUT2D eigenvalue weighted by molar-refractivity contribution is 0.988. The summed E-state index contributed by atoms with van der Waals surface area (Å²) in [6.45, 7) is 0. The third-order valence-electron chi connectivity index (χ3n) is 1.89. The third-order valence-corrected chi connectivity index (χ3v) is 1.89. The number of allylic oxidation sites excluding steroid dienone is 2. The van der Waals surface area contributed by atoms with Crippen molar-refractivity contribution in [1.29, 1.82) is 0 Å².